The first-order valence-corrected chi connectivity index (χ1v) is 7.71. The van der Waals surface area contributed by atoms with Gasteiger partial charge in [0.05, 0.1) is 0 Å². The quantitative estimate of drug-likeness (QED) is 0.792. The summed E-state index contributed by atoms with van der Waals surface area (Å²) in [5.74, 6) is 0.998. The van der Waals surface area contributed by atoms with Crippen molar-refractivity contribution in [3.8, 4) is 0 Å². The number of hydrogen-bond acceptors (Lipinski definition) is 2. The molecule has 0 spiro atoms. The van der Waals surface area contributed by atoms with E-state index in [9.17, 15) is 0 Å². The fourth-order valence-corrected chi connectivity index (χ4v) is 3.52. The minimum Gasteiger partial charge on any atom is -0.314 e. The molecule has 2 aliphatic rings. The standard InChI is InChI=1S/C15H30N2/c1-4-9-16-15-8-10-17(12(2)11-15)13(3)14-6-5-7-14/h12-16H,4-11H2,1-3H3. The van der Waals surface area contributed by atoms with Gasteiger partial charge in [0.1, 0.15) is 0 Å². The molecule has 0 radical (unpaired) electrons. The summed E-state index contributed by atoms with van der Waals surface area (Å²) in [5.41, 5.74) is 0. The van der Waals surface area contributed by atoms with Gasteiger partial charge in [0, 0.05) is 24.7 Å². The van der Waals surface area contributed by atoms with Crippen LogP contribution >= 0.6 is 0 Å². The number of piperidine rings is 1. The molecule has 3 unspecified atom stereocenters. The summed E-state index contributed by atoms with van der Waals surface area (Å²) >= 11 is 0. The van der Waals surface area contributed by atoms with Crippen LogP contribution in [0.2, 0.25) is 0 Å². The van der Waals surface area contributed by atoms with Crippen LogP contribution in [0.3, 0.4) is 0 Å². The second kappa shape index (κ2) is 6.19. The Bertz CT molecular complexity index is 225. The normalized spacial score (nSPS) is 33.4. The summed E-state index contributed by atoms with van der Waals surface area (Å²) in [6.07, 6.45) is 8.37. The van der Waals surface area contributed by atoms with Crippen molar-refractivity contribution in [3.05, 3.63) is 0 Å². The number of nitrogens with one attached hydrogen (secondary N) is 1. The molecule has 17 heavy (non-hydrogen) atoms. The lowest BCUT2D eigenvalue weighted by Gasteiger charge is -2.46. The van der Waals surface area contributed by atoms with E-state index in [0.717, 1.165) is 24.0 Å². The first kappa shape index (κ1) is 13.4. The Kier molecular flexibility index (Phi) is 4.87. The zero-order valence-electron chi connectivity index (χ0n) is 11.9. The highest BCUT2D eigenvalue weighted by Gasteiger charge is 2.33. The highest BCUT2D eigenvalue weighted by atomic mass is 15.2. The summed E-state index contributed by atoms with van der Waals surface area (Å²) in [6.45, 7) is 9.63. The molecule has 1 aliphatic heterocycles. The van der Waals surface area contributed by atoms with Gasteiger partial charge < -0.3 is 5.32 Å². The second-order valence-corrected chi connectivity index (χ2v) is 6.19. The Morgan fingerprint density at radius 2 is 2.06 bits per heavy atom. The zero-order chi connectivity index (χ0) is 12.3. The third-order valence-electron chi connectivity index (χ3n) is 4.97. The second-order valence-electron chi connectivity index (χ2n) is 6.19. The van der Waals surface area contributed by atoms with E-state index in [0.29, 0.717) is 0 Å². The van der Waals surface area contributed by atoms with Gasteiger partial charge in [-0.05, 0) is 58.4 Å². The molecule has 2 rings (SSSR count). The van der Waals surface area contributed by atoms with E-state index in [1.54, 1.807) is 0 Å². The molecule has 0 aromatic carbocycles. The fraction of sp³-hybridized carbons (Fsp3) is 1.00. The van der Waals surface area contributed by atoms with E-state index < -0.39 is 0 Å². The number of hydrogen-bond donors (Lipinski definition) is 1. The van der Waals surface area contributed by atoms with Gasteiger partial charge in [-0.15, -0.1) is 0 Å². The highest BCUT2D eigenvalue weighted by Crippen LogP contribution is 2.34. The summed E-state index contributed by atoms with van der Waals surface area (Å²) < 4.78 is 0. The number of nitrogens with zero attached hydrogens (tertiary/aromatic N) is 1. The smallest absolute Gasteiger partial charge is 0.00980 e. The van der Waals surface area contributed by atoms with E-state index in [4.69, 9.17) is 0 Å². The van der Waals surface area contributed by atoms with E-state index in [2.05, 4.69) is 31.0 Å². The third-order valence-corrected chi connectivity index (χ3v) is 4.97. The monoisotopic (exact) mass is 238 g/mol. The van der Waals surface area contributed by atoms with Crippen molar-refractivity contribution in [2.24, 2.45) is 5.92 Å². The maximum absolute atomic E-state index is 3.69. The van der Waals surface area contributed by atoms with Gasteiger partial charge in [-0.3, -0.25) is 4.90 Å². The topological polar surface area (TPSA) is 15.3 Å². The van der Waals surface area contributed by atoms with Gasteiger partial charge in [-0.25, -0.2) is 0 Å². The minimum atomic E-state index is 0.772. The molecule has 1 aliphatic carbocycles. The van der Waals surface area contributed by atoms with Gasteiger partial charge >= 0.3 is 0 Å². The molecule has 100 valence electrons. The first-order chi connectivity index (χ1) is 8.22. The predicted molar refractivity (Wildman–Crippen MR) is 74.3 cm³/mol. The van der Waals surface area contributed by atoms with E-state index >= 15 is 0 Å². The Balaban J connectivity index is 1.78. The summed E-state index contributed by atoms with van der Waals surface area (Å²) in [5, 5.41) is 3.69. The highest BCUT2D eigenvalue weighted by molar-refractivity contribution is 4.89. The van der Waals surface area contributed by atoms with Crippen LogP contribution in [0.4, 0.5) is 0 Å². The van der Waals surface area contributed by atoms with Crippen LogP contribution in [-0.4, -0.2) is 36.1 Å². The van der Waals surface area contributed by atoms with Crippen molar-refractivity contribution in [2.75, 3.05) is 13.1 Å². The zero-order valence-corrected chi connectivity index (χ0v) is 11.9. The summed E-state index contributed by atoms with van der Waals surface area (Å²) in [6, 6.07) is 2.37. The predicted octanol–water partition coefficient (Wildman–Crippen LogP) is 3.03. The van der Waals surface area contributed by atoms with Gasteiger partial charge in [-0.1, -0.05) is 13.3 Å². The molecule has 1 N–H and O–H groups in total. The van der Waals surface area contributed by atoms with Crippen molar-refractivity contribution < 1.29 is 0 Å². The first-order valence-electron chi connectivity index (χ1n) is 7.71. The average Bonchev–Trinajstić information content (AvgIpc) is 2.23. The van der Waals surface area contributed by atoms with Crippen LogP contribution in [0.15, 0.2) is 0 Å². The van der Waals surface area contributed by atoms with Gasteiger partial charge in [0.2, 0.25) is 0 Å². The van der Waals surface area contributed by atoms with Crippen molar-refractivity contribution in [3.63, 3.8) is 0 Å². The minimum absolute atomic E-state index is 0.772. The SMILES string of the molecule is CCCNC1CCN(C(C)C2CCC2)C(C)C1. The lowest BCUT2D eigenvalue weighted by Crippen LogP contribution is -2.53. The fourth-order valence-electron chi connectivity index (χ4n) is 3.52. The van der Waals surface area contributed by atoms with E-state index in [-0.39, 0.29) is 0 Å². The Morgan fingerprint density at radius 3 is 2.59 bits per heavy atom. The van der Waals surface area contributed by atoms with Crippen LogP contribution in [0.1, 0.15) is 59.3 Å². The van der Waals surface area contributed by atoms with Crippen molar-refractivity contribution in [2.45, 2.75) is 77.4 Å². The molecule has 3 atom stereocenters. The third kappa shape index (κ3) is 3.23. The van der Waals surface area contributed by atoms with Gasteiger partial charge in [0.25, 0.3) is 0 Å². The maximum atomic E-state index is 3.69. The van der Waals surface area contributed by atoms with Crippen LogP contribution in [0.25, 0.3) is 0 Å². The van der Waals surface area contributed by atoms with Crippen molar-refractivity contribution in [1.29, 1.82) is 0 Å². The molecule has 2 heteroatoms. The Hall–Kier alpha value is -0.0800. The molecule has 1 saturated heterocycles. The van der Waals surface area contributed by atoms with Crippen molar-refractivity contribution >= 4 is 0 Å². The Morgan fingerprint density at radius 1 is 1.29 bits per heavy atom. The summed E-state index contributed by atoms with van der Waals surface area (Å²) in [7, 11) is 0. The molecule has 1 heterocycles. The van der Waals surface area contributed by atoms with E-state index in [1.165, 1.54) is 51.6 Å². The number of rotatable bonds is 5. The molecular weight excluding hydrogens is 208 g/mol. The number of likely N-dealkylation sites (tertiary alicyclic amines) is 1. The molecule has 2 nitrogen and oxygen atoms in total. The molecule has 0 aromatic rings. The van der Waals surface area contributed by atoms with Crippen LogP contribution in [0, 0.1) is 5.92 Å². The summed E-state index contributed by atoms with van der Waals surface area (Å²) in [4.78, 5) is 2.77. The van der Waals surface area contributed by atoms with Gasteiger partial charge in [-0.2, -0.15) is 0 Å². The lowest BCUT2D eigenvalue weighted by atomic mass is 9.78. The molecule has 0 aromatic heterocycles. The van der Waals surface area contributed by atoms with E-state index in [1.807, 2.05) is 0 Å². The molecular formula is C15H30N2. The van der Waals surface area contributed by atoms with Crippen LogP contribution < -0.4 is 5.32 Å². The molecule has 0 bridgehead atoms. The van der Waals surface area contributed by atoms with Crippen molar-refractivity contribution in [1.82, 2.24) is 10.2 Å². The van der Waals surface area contributed by atoms with Crippen LogP contribution in [-0.2, 0) is 0 Å². The lowest BCUT2D eigenvalue weighted by molar-refractivity contribution is 0.0419. The van der Waals surface area contributed by atoms with Gasteiger partial charge in [0.15, 0.2) is 0 Å². The molecule has 1 saturated carbocycles. The Labute approximate surface area is 107 Å². The average molecular weight is 238 g/mol. The molecule has 2 fully saturated rings. The molecule has 0 amide bonds. The van der Waals surface area contributed by atoms with Crippen LogP contribution in [0.5, 0.6) is 0 Å². The largest absolute Gasteiger partial charge is 0.314 e. The maximum Gasteiger partial charge on any atom is 0.00980 e.